The molecule has 0 unspecified atom stereocenters. The van der Waals surface area contributed by atoms with Gasteiger partial charge in [0.25, 0.3) is 0 Å². The first kappa shape index (κ1) is 23.3. The van der Waals surface area contributed by atoms with Crippen molar-refractivity contribution in [2.24, 2.45) is 5.92 Å². The molecule has 4 rings (SSSR count). The van der Waals surface area contributed by atoms with Crippen LogP contribution in [0.4, 0.5) is 5.69 Å². The lowest BCUT2D eigenvalue weighted by atomic mass is 9.86. The maximum atomic E-state index is 4.61. The summed E-state index contributed by atoms with van der Waals surface area (Å²) in [5.41, 5.74) is 7.26. The van der Waals surface area contributed by atoms with Gasteiger partial charge in [0.2, 0.25) is 0 Å². The number of benzene rings is 2. The SMILES string of the molecule is C=C(/C=C/c1cccc(N(Cc2ccc(-c3nccs3)cc2)C(=C)C2CCCCC2)c1)CC. The maximum absolute atomic E-state index is 4.61. The van der Waals surface area contributed by atoms with Crippen molar-refractivity contribution in [2.45, 2.75) is 52.0 Å². The highest BCUT2D eigenvalue weighted by Gasteiger charge is 2.22. The van der Waals surface area contributed by atoms with Gasteiger partial charge in [-0.15, -0.1) is 11.3 Å². The summed E-state index contributed by atoms with van der Waals surface area (Å²) in [5, 5.41) is 3.09. The highest BCUT2D eigenvalue weighted by Crippen LogP contribution is 2.35. The Morgan fingerprint density at radius 3 is 2.58 bits per heavy atom. The van der Waals surface area contributed by atoms with Crippen molar-refractivity contribution < 1.29 is 0 Å². The van der Waals surface area contributed by atoms with E-state index in [-0.39, 0.29) is 0 Å². The fraction of sp³-hybridized carbons (Fsp3) is 0.300. The molecular weight excluding hydrogens is 420 g/mol. The van der Waals surface area contributed by atoms with Gasteiger partial charge in [-0.05, 0) is 48.4 Å². The number of thiazole rings is 1. The van der Waals surface area contributed by atoms with E-state index in [0.717, 1.165) is 23.5 Å². The van der Waals surface area contributed by atoms with E-state index in [1.807, 2.05) is 11.6 Å². The van der Waals surface area contributed by atoms with Gasteiger partial charge in [-0.1, -0.05) is 93.5 Å². The molecule has 1 fully saturated rings. The van der Waals surface area contributed by atoms with Gasteiger partial charge in [0.15, 0.2) is 0 Å². The van der Waals surface area contributed by atoms with Crippen molar-refractivity contribution >= 4 is 23.1 Å². The van der Waals surface area contributed by atoms with Crippen LogP contribution in [0.2, 0.25) is 0 Å². The molecule has 0 radical (unpaired) electrons. The molecule has 1 aliphatic rings. The van der Waals surface area contributed by atoms with Gasteiger partial charge in [-0.25, -0.2) is 4.98 Å². The lowest BCUT2D eigenvalue weighted by Crippen LogP contribution is -2.27. The summed E-state index contributed by atoms with van der Waals surface area (Å²) in [4.78, 5) is 6.87. The van der Waals surface area contributed by atoms with Crippen molar-refractivity contribution in [3.63, 3.8) is 0 Å². The van der Waals surface area contributed by atoms with Crippen molar-refractivity contribution in [1.82, 2.24) is 4.98 Å². The normalized spacial score (nSPS) is 14.5. The largest absolute Gasteiger partial charge is 0.341 e. The third kappa shape index (κ3) is 6.11. The van der Waals surface area contributed by atoms with Gasteiger partial charge in [-0.2, -0.15) is 0 Å². The second kappa shape index (κ2) is 11.3. The highest BCUT2D eigenvalue weighted by molar-refractivity contribution is 7.13. The second-order valence-corrected chi connectivity index (χ2v) is 9.78. The molecule has 0 bridgehead atoms. The summed E-state index contributed by atoms with van der Waals surface area (Å²) in [5.74, 6) is 0.562. The molecule has 1 heterocycles. The molecule has 1 saturated carbocycles. The molecule has 0 spiro atoms. The van der Waals surface area contributed by atoms with E-state index in [4.69, 9.17) is 0 Å². The Labute approximate surface area is 203 Å². The number of anilines is 1. The fourth-order valence-electron chi connectivity index (χ4n) is 4.44. The van der Waals surface area contributed by atoms with Crippen LogP contribution >= 0.6 is 11.3 Å². The molecule has 1 aromatic heterocycles. The second-order valence-electron chi connectivity index (χ2n) is 8.89. The standard InChI is InChI=1S/C30H34N2S/c1-4-23(2)13-14-25-9-8-12-29(21-25)32(24(3)27-10-6-5-7-11-27)22-26-15-17-28(18-16-26)30-31-19-20-33-30/h8-9,12-21,27H,2-7,10-11,22H2,1H3/b14-13+. The first-order valence-electron chi connectivity index (χ1n) is 12.0. The third-order valence-electron chi connectivity index (χ3n) is 6.54. The van der Waals surface area contributed by atoms with E-state index in [2.05, 4.69) is 90.6 Å². The average Bonchev–Trinajstić information content (AvgIpc) is 3.41. The predicted octanol–water partition coefficient (Wildman–Crippen LogP) is 8.89. The van der Waals surface area contributed by atoms with Gasteiger partial charge in [-0.3, -0.25) is 0 Å². The Balaban J connectivity index is 1.60. The fourth-order valence-corrected chi connectivity index (χ4v) is 5.09. The van der Waals surface area contributed by atoms with Gasteiger partial charge in [0, 0.05) is 35.1 Å². The van der Waals surface area contributed by atoms with Crippen LogP contribution in [-0.4, -0.2) is 4.98 Å². The van der Waals surface area contributed by atoms with Gasteiger partial charge in [0.05, 0.1) is 0 Å². The highest BCUT2D eigenvalue weighted by atomic mass is 32.1. The first-order chi connectivity index (χ1) is 16.1. The molecule has 0 atom stereocenters. The molecule has 2 nitrogen and oxygen atoms in total. The molecule has 3 aromatic rings. The Kier molecular flexibility index (Phi) is 7.96. The molecule has 33 heavy (non-hydrogen) atoms. The molecule has 3 heteroatoms. The van der Waals surface area contributed by atoms with E-state index in [1.54, 1.807) is 11.3 Å². The van der Waals surface area contributed by atoms with E-state index in [9.17, 15) is 0 Å². The minimum atomic E-state index is 0.562. The first-order valence-corrected chi connectivity index (χ1v) is 12.9. The van der Waals surface area contributed by atoms with Crippen molar-refractivity contribution in [2.75, 3.05) is 4.90 Å². The van der Waals surface area contributed by atoms with Crippen molar-refractivity contribution in [3.05, 3.63) is 102 Å². The number of nitrogens with zero attached hydrogens (tertiary/aromatic N) is 2. The lowest BCUT2D eigenvalue weighted by molar-refractivity contribution is 0.396. The van der Waals surface area contributed by atoms with Crippen molar-refractivity contribution in [3.8, 4) is 10.6 Å². The van der Waals surface area contributed by atoms with Crippen LogP contribution < -0.4 is 4.90 Å². The summed E-state index contributed by atoms with van der Waals surface area (Å²) in [6, 6.07) is 17.6. The zero-order valence-electron chi connectivity index (χ0n) is 19.7. The summed E-state index contributed by atoms with van der Waals surface area (Å²) in [6.07, 6.45) is 13.6. The molecule has 0 aliphatic heterocycles. The topological polar surface area (TPSA) is 16.1 Å². The quantitative estimate of drug-likeness (QED) is 0.300. The monoisotopic (exact) mass is 454 g/mol. The minimum Gasteiger partial charge on any atom is -0.341 e. The number of hydrogen-bond acceptors (Lipinski definition) is 3. The Morgan fingerprint density at radius 1 is 1.09 bits per heavy atom. The van der Waals surface area contributed by atoms with Crippen molar-refractivity contribution in [1.29, 1.82) is 0 Å². The van der Waals surface area contributed by atoms with Crippen LogP contribution in [0.5, 0.6) is 0 Å². The Morgan fingerprint density at radius 2 is 1.88 bits per heavy atom. The van der Waals surface area contributed by atoms with Gasteiger partial charge < -0.3 is 4.90 Å². The van der Waals surface area contributed by atoms with E-state index in [0.29, 0.717) is 5.92 Å². The maximum Gasteiger partial charge on any atom is 0.123 e. The molecule has 0 N–H and O–H groups in total. The van der Waals surface area contributed by atoms with Crippen LogP contribution in [0.3, 0.4) is 0 Å². The molecule has 170 valence electrons. The average molecular weight is 455 g/mol. The van der Waals surface area contributed by atoms with E-state index in [1.165, 1.54) is 60.2 Å². The van der Waals surface area contributed by atoms with E-state index < -0.39 is 0 Å². The summed E-state index contributed by atoms with van der Waals surface area (Å²) in [6.45, 7) is 11.7. The van der Waals surface area contributed by atoms with Crippen LogP contribution in [0.15, 0.2) is 90.6 Å². The van der Waals surface area contributed by atoms with Crippen LogP contribution in [0.25, 0.3) is 16.6 Å². The lowest BCUT2D eigenvalue weighted by Gasteiger charge is -2.34. The minimum absolute atomic E-state index is 0.562. The summed E-state index contributed by atoms with van der Waals surface area (Å²) in [7, 11) is 0. The van der Waals surface area contributed by atoms with Crippen LogP contribution in [-0.2, 0) is 6.54 Å². The third-order valence-corrected chi connectivity index (χ3v) is 7.37. The summed E-state index contributed by atoms with van der Waals surface area (Å²) >= 11 is 1.68. The smallest absolute Gasteiger partial charge is 0.123 e. The molecule has 2 aromatic carbocycles. The zero-order chi connectivity index (χ0) is 23.0. The zero-order valence-corrected chi connectivity index (χ0v) is 20.5. The number of aromatic nitrogens is 1. The Bertz CT molecular complexity index is 1090. The number of allylic oxidation sites excluding steroid dienone is 3. The Hall–Kier alpha value is -2.91. The number of hydrogen-bond donors (Lipinski definition) is 0. The van der Waals surface area contributed by atoms with Gasteiger partial charge >= 0.3 is 0 Å². The van der Waals surface area contributed by atoms with E-state index >= 15 is 0 Å². The molecular formula is C30H34N2S. The molecule has 0 amide bonds. The van der Waals surface area contributed by atoms with Crippen LogP contribution in [0.1, 0.15) is 56.6 Å². The summed E-state index contributed by atoms with van der Waals surface area (Å²) < 4.78 is 0. The molecule has 1 aliphatic carbocycles. The molecule has 0 saturated heterocycles. The number of rotatable bonds is 9. The predicted molar refractivity (Wildman–Crippen MR) is 144 cm³/mol. The van der Waals surface area contributed by atoms with Crippen LogP contribution in [0, 0.1) is 5.92 Å². The van der Waals surface area contributed by atoms with Gasteiger partial charge in [0.1, 0.15) is 5.01 Å².